The van der Waals surface area contributed by atoms with Crippen molar-refractivity contribution in [3.05, 3.63) is 71.3 Å². The number of hydrazine groups is 1. The minimum Gasteiger partial charge on any atom is -0.496 e. The average Bonchev–Trinajstić information content (AvgIpc) is 3.70. The molecule has 0 bridgehead atoms. The Morgan fingerprint density at radius 2 is 1.91 bits per heavy atom. The van der Waals surface area contributed by atoms with Gasteiger partial charge >= 0.3 is 0 Å². The smallest absolute Gasteiger partial charge is 0.266 e. The number of fused-ring (bicyclic) bond motifs is 1. The molecule has 0 saturated heterocycles. The van der Waals surface area contributed by atoms with Gasteiger partial charge in [-0.05, 0) is 59.5 Å². The van der Waals surface area contributed by atoms with Crippen LogP contribution in [-0.2, 0) is 9.59 Å². The summed E-state index contributed by atoms with van der Waals surface area (Å²) in [6, 6.07) is 12.6. The van der Waals surface area contributed by atoms with Crippen molar-refractivity contribution < 1.29 is 19.1 Å². The molecule has 33 heavy (non-hydrogen) atoms. The third kappa shape index (κ3) is 4.71. The van der Waals surface area contributed by atoms with Crippen LogP contribution >= 0.6 is 15.9 Å². The quantitative estimate of drug-likeness (QED) is 0.595. The van der Waals surface area contributed by atoms with Gasteiger partial charge in [0, 0.05) is 39.2 Å². The molecule has 2 aliphatic rings. The van der Waals surface area contributed by atoms with Crippen LogP contribution in [0.4, 0.5) is 5.69 Å². The molecule has 0 atom stereocenters. The fourth-order valence-electron chi connectivity index (χ4n) is 3.76. The van der Waals surface area contributed by atoms with E-state index in [2.05, 4.69) is 33.4 Å². The van der Waals surface area contributed by atoms with E-state index in [1.807, 2.05) is 24.3 Å². The van der Waals surface area contributed by atoms with Crippen LogP contribution in [0.25, 0.3) is 10.6 Å². The van der Waals surface area contributed by atoms with Gasteiger partial charge in [0.25, 0.3) is 11.8 Å². The van der Waals surface area contributed by atoms with Gasteiger partial charge in [-0.2, -0.15) is 0 Å². The second kappa shape index (κ2) is 9.62. The molecule has 2 aromatic carbocycles. The average molecular weight is 510 g/mol. The number of ether oxygens (including phenoxy) is 1. The lowest BCUT2D eigenvalue weighted by molar-refractivity contribution is -0.128. The first-order chi connectivity index (χ1) is 15.9. The third-order valence-corrected chi connectivity index (χ3v) is 6.65. The Hall–Kier alpha value is -3.39. The Bertz CT molecular complexity index is 1170. The second-order valence-electron chi connectivity index (χ2n) is 7.89. The highest BCUT2D eigenvalue weighted by Crippen LogP contribution is 2.38. The Morgan fingerprint density at radius 3 is 2.61 bits per heavy atom. The van der Waals surface area contributed by atoms with Crippen LogP contribution in [0.5, 0.6) is 5.75 Å². The maximum Gasteiger partial charge on any atom is 0.266 e. The van der Waals surface area contributed by atoms with E-state index in [-0.39, 0.29) is 17.7 Å². The molecule has 1 saturated carbocycles. The summed E-state index contributed by atoms with van der Waals surface area (Å²) >= 11 is 3.57. The van der Waals surface area contributed by atoms with E-state index in [1.165, 1.54) is 0 Å². The highest BCUT2D eigenvalue weighted by atomic mass is 79.9. The molecule has 3 amide bonds. The lowest BCUT2D eigenvalue weighted by Crippen LogP contribution is -2.43. The Balaban J connectivity index is 1.62. The van der Waals surface area contributed by atoms with Gasteiger partial charge in [0.15, 0.2) is 0 Å². The number of amides is 3. The van der Waals surface area contributed by atoms with Crippen molar-refractivity contribution in [2.24, 2.45) is 5.92 Å². The Morgan fingerprint density at radius 1 is 1.15 bits per heavy atom. The minimum atomic E-state index is -0.404. The Kier molecular flexibility index (Phi) is 6.65. The SMILES string of the molecule is C=Cc1cc(C(=O)N2CCC(C(=O)NNC(=O)C3CC3)=C(Br)c3ccccc32)ccc1OC. The van der Waals surface area contributed by atoms with Crippen LogP contribution in [-0.4, -0.2) is 31.4 Å². The summed E-state index contributed by atoms with van der Waals surface area (Å²) in [5, 5.41) is 0. The van der Waals surface area contributed by atoms with Crippen LogP contribution in [0.2, 0.25) is 0 Å². The van der Waals surface area contributed by atoms with Crippen molar-refractivity contribution in [2.75, 3.05) is 18.6 Å². The summed E-state index contributed by atoms with van der Waals surface area (Å²) in [4.78, 5) is 40.0. The number of benzene rings is 2. The van der Waals surface area contributed by atoms with Gasteiger partial charge in [-0.15, -0.1) is 0 Å². The van der Waals surface area contributed by atoms with E-state index in [0.29, 0.717) is 40.0 Å². The Labute approximate surface area is 200 Å². The van der Waals surface area contributed by atoms with Crippen LogP contribution in [0, 0.1) is 5.92 Å². The topological polar surface area (TPSA) is 87.7 Å². The fourth-order valence-corrected chi connectivity index (χ4v) is 4.47. The first-order valence-corrected chi connectivity index (χ1v) is 11.4. The van der Waals surface area contributed by atoms with Gasteiger partial charge in [0.1, 0.15) is 5.75 Å². The zero-order valence-electron chi connectivity index (χ0n) is 18.2. The number of carbonyl (C=O) groups is 3. The molecule has 4 rings (SSSR count). The molecule has 1 aliphatic carbocycles. The number of nitrogens with zero attached hydrogens (tertiary/aromatic N) is 1. The molecule has 0 radical (unpaired) electrons. The number of hydrogen-bond acceptors (Lipinski definition) is 4. The number of nitrogens with one attached hydrogen (secondary N) is 2. The van der Waals surface area contributed by atoms with Crippen LogP contribution < -0.4 is 20.5 Å². The van der Waals surface area contributed by atoms with E-state index in [1.54, 1.807) is 36.3 Å². The first kappa shape index (κ1) is 22.8. The molecule has 1 fully saturated rings. The van der Waals surface area contributed by atoms with Crippen molar-refractivity contribution in [3.8, 4) is 5.75 Å². The van der Waals surface area contributed by atoms with Gasteiger partial charge in [0.05, 0.1) is 12.8 Å². The lowest BCUT2D eigenvalue weighted by atomic mass is 10.1. The van der Waals surface area contributed by atoms with E-state index < -0.39 is 5.91 Å². The highest BCUT2D eigenvalue weighted by Gasteiger charge is 2.31. The molecule has 2 N–H and O–H groups in total. The van der Waals surface area contributed by atoms with Gasteiger partial charge in [-0.25, -0.2) is 0 Å². The molecule has 1 aliphatic heterocycles. The molecule has 8 heteroatoms. The van der Waals surface area contributed by atoms with Gasteiger partial charge in [0.2, 0.25) is 5.91 Å². The maximum absolute atomic E-state index is 13.5. The van der Waals surface area contributed by atoms with Gasteiger partial charge < -0.3 is 9.64 Å². The number of anilines is 1. The van der Waals surface area contributed by atoms with Crippen molar-refractivity contribution in [2.45, 2.75) is 19.3 Å². The first-order valence-electron chi connectivity index (χ1n) is 10.6. The van der Waals surface area contributed by atoms with Gasteiger partial charge in [-0.3, -0.25) is 25.2 Å². The highest BCUT2D eigenvalue weighted by molar-refractivity contribution is 9.15. The maximum atomic E-state index is 13.5. The van der Waals surface area contributed by atoms with E-state index in [4.69, 9.17) is 4.74 Å². The van der Waals surface area contributed by atoms with Crippen LogP contribution in [0.3, 0.4) is 0 Å². The largest absolute Gasteiger partial charge is 0.496 e. The van der Waals surface area contributed by atoms with Crippen molar-refractivity contribution in [1.29, 1.82) is 0 Å². The number of rotatable bonds is 5. The second-order valence-corrected chi connectivity index (χ2v) is 8.69. The molecular formula is C25H24BrN3O4. The summed E-state index contributed by atoms with van der Waals surface area (Å²) in [5.74, 6) is -0.163. The number of halogens is 1. The molecule has 7 nitrogen and oxygen atoms in total. The molecule has 170 valence electrons. The minimum absolute atomic E-state index is 0.0179. The van der Waals surface area contributed by atoms with Crippen molar-refractivity contribution in [1.82, 2.24) is 10.9 Å². The zero-order chi connectivity index (χ0) is 23.5. The third-order valence-electron chi connectivity index (χ3n) is 5.74. The molecule has 2 aromatic rings. The summed E-state index contributed by atoms with van der Waals surface area (Å²) in [6.45, 7) is 4.09. The molecule has 0 spiro atoms. The summed E-state index contributed by atoms with van der Waals surface area (Å²) in [7, 11) is 1.57. The predicted octanol–water partition coefficient (Wildman–Crippen LogP) is 4.05. The monoisotopic (exact) mass is 509 g/mol. The predicted molar refractivity (Wildman–Crippen MR) is 131 cm³/mol. The van der Waals surface area contributed by atoms with Crippen LogP contribution in [0.15, 0.2) is 54.6 Å². The molecule has 1 heterocycles. The fraction of sp³-hybridized carbons (Fsp3) is 0.240. The summed E-state index contributed by atoms with van der Waals surface area (Å²) in [6.07, 6.45) is 3.63. The normalized spacial score (nSPS) is 15.3. The molecule has 0 aromatic heterocycles. The van der Waals surface area contributed by atoms with E-state index in [9.17, 15) is 14.4 Å². The summed E-state index contributed by atoms with van der Waals surface area (Å²) < 4.78 is 5.91. The number of carbonyl (C=O) groups excluding carboxylic acids is 3. The standard InChI is InChI=1S/C25H24BrN3O4/c1-3-15-14-17(10-11-21(15)33-2)25(32)29-13-12-19(22(26)18-6-4-5-7-20(18)29)24(31)28-27-23(30)16-8-9-16/h3-7,10-11,14,16H,1,8-9,12-13H2,2H3,(H,27,30)(H,28,31). The number of methoxy groups -OCH3 is 1. The van der Waals surface area contributed by atoms with Crippen molar-refractivity contribution in [3.63, 3.8) is 0 Å². The molecule has 0 unspecified atom stereocenters. The van der Waals surface area contributed by atoms with Gasteiger partial charge in [-0.1, -0.05) is 30.9 Å². The number of hydrogen-bond donors (Lipinski definition) is 2. The zero-order valence-corrected chi connectivity index (χ0v) is 19.8. The van der Waals surface area contributed by atoms with Crippen molar-refractivity contribution >= 4 is 49.9 Å². The van der Waals surface area contributed by atoms with E-state index >= 15 is 0 Å². The number of para-hydroxylation sites is 1. The molecular weight excluding hydrogens is 486 g/mol. The summed E-state index contributed by atoms with van der Waals surface area (Å²) in [5.41, 5.74) is 8.08. The lowest BCUT2D eigenvalue weighted by Gasteiger charge is -2.23. The van der Waals surface area contributed by atoms with E-state index in [0.717, 1.165) is 24.0 Å². The van der Waals surface area contributed by atoms with Crippen LogP contribution in [0.1, 0.15) is 40.7 Å².